The van der Waals surface area contributed by atoms with Crippen LogP contribution < -0.4 is 15.4 Å². The molecule has 1 aromatic carbocycles. The van der Waals surface area contributed by atoms with Crippen molar-refractivity contribution in [3.8, 4) is 5.75 Å². The number of nitrogens with zero attached hydrogens (tertiary/aromatic N) is 1. The molecule has 1 aliphatic rings. The zero-order valence-corrected chi connectivity index (χ0v) is 15.6. The standard InChI is InChI=1S/C19H23N3O3S/c1-25-17-5-3-2-4-16(17)21-19(24)22-9-6-14(7-10-22)12-20-18(23)15-8-11-26-13-15/h2-5,8,11,13-14H,6-7,9-10,12H2,1H3,(H,20,23)(H,21,24). The van der Waals surface area contributed by atoms with Crippen molar-refractivity contribution in [2.75, 3.05) is 32.1 Å². The molecule has 1 saturated heterocycles. The predicted molar refractivity (Wildman–Crippen MR) is 103 cm³/mol. The number of carbonyl (C=O) groups is 2. The maximum absolute atomic E-state index is 12.5. The van der Waals surface area contributed by atoms with Crippen LogP contribution in [0.5, 0.6) is 5.75 Å². The zero-order valence-electron chi connectivity index (χ0n) is 14.7. The highest BCUT2D eigenvalue weighted by Gasteiger charge is 2.23. The summed E-state index contributed by atoms with van der Waals surface area (Å²) in [5.41, 5.74) is 1.38. The first-order chi connectivity index (χ1) is 12.7. The number of benzene rings is 1. The Labute approximate surface area is 157 Å². The molecule has 26 heavy (non-hydrogen) atoms. The molecule has 3 rings (SSSR count). The molecule has 7 heteroatoms. The Morgan fingerprint density at radius 1 is 1.23 bits per heavy atom. The van der Waals surface area contributed by atoms with Crippen LogP contribution in [-0.4, -0.2) is 43.6 Å². The van der Waals surface area contributed by atoms with Crippen molar-refractivity contribution < 1.29 is 14.3 Å². The normalized spacial score (nSPS) is 14.7. The molecule has 0 unspecified atom stereocenters. The second-order valence-corrected chi connectivity index (χ2v) is 7.06. The van der Waals surface area contributed by atoms with E-state index in [2.05, 4.69) is 10.6 Å². The van der Waals surface area contributed by atoms with Gasteiger partial charge in [0.05, 0.1) is 12.8 Å². The number of para-hydroxylation sites is 2. The Balaban J connectivity index is 1.44. The third kappa shape index (κ3) is 4.54. The SMILES string of the molecule is COc1ccccc1NC(=O)N1CCC(CNC(=O)c2ccsc2)CC1. The summed E-state index contributed by atoms with van der Waals surface area (Å²) in [6, 6.07) is 9.08. The molecule has 0 spiro atoms. The van der Waals surface area contributed by atoms with Crippen LogP contribution in [0.25, 0.3) is 0 Å². The van der Waals surface area contributed by atoms with Gasteiger partial charge in [-0.2, -0.15) is 11.3 Å². The van der Waals surface area contributed by atoms with E-state index in [4.69, 9.17) is 4.74 Å². The van der Waals surface area contributed by atoms with Crippen LogP contribution in [0.1, 0.15) is 23.2 Å². The lowest BCUT2D eigenvalue weighted by molar-refractivity contribution is 0.0939. The lowest BCUT2D eigenvalue weighted by Gasteiger charge is -2.32. The number of hydrogen-bond acceptors (Lipinski definition) is 4. The highest BCUT2D eigenvalue weighted by atomic mass is 32.1. The third-order valence-corrected chi connectivity index (χ3v) is 5.27. The number of likely N-dealkylation sites (tertiary alicyclic amines) is 1. The fraction of sp³-hybridized carbons (Fsp3) is 0.368. The summed E-state index contributed by atoms with van der Waals surface area (Å²) >= 11 is 1.52. The largest absolute Gasteiger partial charge is 0.495 e. The molecule has 2 N–H and O–H groups in total. The fourth-order valence-corrected chi connectivity index (χ4v) is 3.65. The molecule has 1 aromatic heterocycles. The first-order valence-electron chi connectivity index (χ1n) is 8.66. The summed E-state index contributed by atoms with van der Waals surface area (Å²) in [6.45, 7) is 2.01. The average molecular weight is 373 g/mol. The first kappa shape index (κ1) is 18.3. The van der Waals surface area contributed by atoms with Crippen molar-refractivity contribution in [3.63, 3.8) is 0 Å². The molecule has 0 bridgehead atoms. The molecule has 2 aromatic rings. The van der Waals surface area contributed by atoms with Gasteiger partial charge in [0.25, 0.3) is 5.91 Å². The van der Waals surface area contributed by atoms with Crippen LogP contribution in [-0.2, 0) is 0 Å². The predicted octanol–water partition coefficient (Wildman–Crippen LogP) is 3.43. The van der Waals surface area contributed by atoms with Crippen LogP contribution in [0.4, 0.5) is 10.5 Å². The van der Waals surface area contributed by atoms with Gasteiger partial charge in [0, 0.05) is 30.6 Å². The van der Waals surface area contributed by atoms with E-state index in [9.17, 15) is 9.59 Å². The topological polar surface area (TPSA) is 70.7 Å². The number of carbonyl (C=O) groups excluding carboxylic acids is 2. The van der Waals surface area contributed by atoms with Crippen molar-refractivity contribution in [2.24, 2.45) is 5.92 Å². The number of hydrogen-bond donors (Lipinski definition) is 2. The number of piperidine rings is 1. The highest BCUT2D eigenvalue weighted by molar-refractivity contribution is 7.08. The lowest BCUT2D eigenvalue weighted by Crippen LogP contribution is -2.43. The van der Waals surface area contributed by atoms with E-state index >= 15 is 0 Å². The molecule has 0 atom stereocenters. The van der Waals surface area contributed by atoms with E-state index in [1.807, 2.05) is 46.0 Å². The quantitative estimate of drug-likeness (QED) is 0.843. The Kier molecular flexibility index (Phi) is 6.12. The highest BCUT2D eigenvalue weighted by Crippen LogP contribution is 2.24. The van der Waals surface area contributed by atoms with Crippen molar-refractivity contribution in [1.82, 2.24) is 10.2 Å². The molecule has 0 aliphatic carbocycles. The molecule has 0 saturated carbocycles. The number of ether oxygens (including phenoxy) is 1. The molecule has 0 radical (unpaired) electrons. The Hall–Kier alpha value is -2.54. The van der Waals surface area contributed by atoms with Crippen LogP contribution in [0.15, 0.2) is 41.1 Å². The zero-order chi connectivity index (χ0) is 18.4. The fourth-order valence-electron chi connectivity index (χ4n) is 3.02. The number of rotatable bonds is 5. The van der Waals surface area contributed by atoms with Gasteiger partial charge in [0.2, 0.25) is 0 Å². The van der Waals surface area contributed by atoms with Gasteiger partial charge in [-0.05, 0) is 42.3 Å². The Bertz CT molecular complexity index is 740. The minimum Gasteiger partial charge on any atom is -0.495 e. The number of urea groups is 1. The summed E-state index contributed by atoms with van der Waals surface area (Å²) in [6.07, 6.45) is 1.76. The van der Waals surface area contributed by atoms with Crippen molar-refractivity contribution in [2.45, 2.75) is 12.8 Å². The van der Waals surface area contributed by atoms with Gasteiger partial charge in [0.1, 0.15) is 5.75 Å². The summed E-state index contributed by atoms with van der Waals surface area (Å²) < 4.78 is 5.26. The third-order valence-electron chi connectivity index (χ3n) is 4.58. The van der Waals surface area contributed by atoms with E-state index in [1.165, 1.54) is 11.3 Å². The molecule has 138 valence electrons. The number of amides is 3. The number of nitrogens with one attached hydrogen (secondary N) is 2. The maximum atomic E-state index is 12.5. The van der Waals surface area contributed by atoms with E-state index < -0.39 is 0 Å². The number of methoxy groups -OCH3 is 1. The van der Waals surface area contributed by atoms with Crippen molar-refractivity contribution >= 4 is 29.0 Å². The summed E-state index contributed by atoms with van der Waals surface area (Å²) in [5, 5.41) is 9.64. The van der Waals surface area contributed by atoms with Gasteiger partial charge in [-0.15, -0.1) is 0 Å². The van der Waals surface area contributed by atoms with Crippen LogP contribution in [0, 0.1) is 5.92 Å². The van der Waals surface area contributed by atoms with E-state index in [0.717, 1.165) is 12.8 Å². The van der Waals surface area contributed by atoms with E-state index in [-0.39, 0.29) is 11.9 Å². The average Bonchev–Trinajstić information content (AvgIpc) is 3.22. The Morgan fingerprint density at radius 2 is 2.00 bits per heavy atom. The molecule has 2 heterocycles. The monoisotopic (exact) mass is 373 g/mol. The van der Waals surface area contributed by atoms with E-state index in [0.29, 0.717) is 42.6 Å². The van der Waals surface area contributed by atoms with Crippen molar-refractivity contribution in [1.29, 1.82) is 0 Å². The van der Waals surface area contributed by atoms with Gasteiger partial charge in [-0.3, -0.25) is 4.79 Å². The van der Waals surface area contributed by atoms with Gasteiger partial charge in [0.15, 0.2) is 0 Å². The van der Waals surface area contributed by atoms with E-state index in [1.54, 1.807) is 7.11 Å². The van der Waals surface area contributed by atoms with Gasteiger partial charge < -0.3 is 20.3 Å². The molecule has 1 fully saturated rings. The molecule has 1 aliphatic heterocycles. The first-order valence-corrected chi connectivity index (χ1v) is 9.61. The smallest absolute Gasteiger partial charge is 0.321 e. The minimum atomic E-state index is -0.116. The molecule has 6 nitrogen and oxygen atoms in total. The van der Waals surface area contributed by atoms with Crippen LogP contribution >= 0.6 is 11.3 Å². The summed E-state index contributed by atoms with van der Waals surface area (Å²) in [5.74, 6) is 1.02. The summed E-state index contributed by atoms with van der Waals surface area (Å²) in [4.78, 5) is 26.3. The molecule has 3 amide bonds. The van der Waals surface area contributed by atoms with Crippen LogP contribution in [0.2, 0.25) is 0 Å². The second kappa shape index (κ2) is 8.71. The number of thiophene rings is 1. The summed E-state index contributed by atoms with van der Waals surface area (Å²) in [7, 11) is 1.58. The van der Waals surface area contributed by atoms with Crippen molar-refractivity contribution in [3.05, 3.63) is 46.7 Å². The maximum Gasteiger partial charge on any atom is 0.321 e. The minimum absolute atomic E-state index is 0.0254. The number of anilines is 1. The van der Waals surface area contributed by atoms with Gasteiger partial charge >= 0.3 is 6.03 Å². The molecular weight excluding hydrogens is 350 g/mol. The second-order valence-electron chi connectivity index (χ2n) is 6.28. The van der Waals surface area contributed by atoms with Crippen LogP contribution in [0.3, 0.4) is 0 Å². The lowest BCUT2D eigenvalue weighted by atomic mass is 9.97. The molecular formula is C19H23N3O3S. The van der Waals surface area contributed by atoms with Gasteiger partial charge in [-0.1, -0.05) is 12.1 Å². The van der Waals surface area contributed by atoms with Gasteiger partial charge in [-0.25, -0.2) is 4.79 Å². The Morgan fingerprint density at radius 3 is 2.69 bits per heavy atom.